The number of carbonyl (C=O) groups is 4. The van der Waals surface area contributed by atoms with E-state index in [9.17, 15) is 19.2 Å². The van der Waals surface area contributed by atoms with Crippen LogP contribution in [0.25, 0.3) is 0 Å². The first kappa shape index (κ1) is 22.0. The van der Waals surface area contributed by atoms with Gasteiger partial charge in [-0.05, 0) is 6.42 Å². The number of carboxylic acids is 4. The van der Waals surface area contributed by atoms with E-state index in [-0.39, 0.29) is 25.7 Å². The second-order valence-corrected chi connectivity index (χ2v) is 4.35. The summed E-state index contributed by atoms with van der Waals surface area (Å²) in [6, 6.07) is 0. The van der Waals surface area contributed by atoms with Crippen LogP contribution in [0.15, 0.2) is 0 Å². The van der Waals surface area contributed by atoms with Crippen LogP contribution in [0, 0.1) is 0 Å². The number of rotatable bonds is 12. The smallest absolute Gasteiger partial charge is 0.317 e. The molecule has 0 rings (SSSR count). The van der Waals surface area contributed by atoms with E-state index < -0.39 is 50.1 Å². The van der Waals surface area contributed by atoms with Gasteiger partial charge in [0.05, 0.1) is 26.2 Å². The zero-order valence-corrected chi connectivity index (χ0v) is 12.0. The average Bonchev–Trinajstić information content (AvgIpc) is 2.24. The van der Waals surface area contributed by atoms with Crippen LogP contribution in [0.2, 0.25) is 0 Å². The van der Waals surface area contributed by atoms with E-state index in [1.807, 2.05) is 0 Å². The van der Waals surface area contributed by atoms with E-state index in [2.05, 4.69) is 0 Å². The van der Waals surface area contributed by atoms with Crippen LogP contribution in [0.4, 0.5) is 0 Å². The second kappa shape index (κ2) is 11.4. The molecule has 0 aliphatic heterocycles. The monoisotopic (exact) mass is 323 g/mol. The molecule has 0 fully saturated rings. The molecular formula is C11H21N3O8. The third-order valence-corrected chi connectivity index (χ3v) is 2.38. The van der Waals surface area contributed by atoms with Crippen molar-refractivity contribution in [1.29, 1.82) is 0 Å². The summed E-state index contributed by atoms with van der Waals surface area (Å²) >= 11 is 0. The fourth-order valence-corrected chi connectivity index (χ4v) is 1.71. The normalized spacial score (nSPS) is 10.3. The summed E-state index contributed by atoms with van der Waals surface area (Å²) in [7, 11) is 0. The minimum atomic E-state index is -1.18. The molecule has 0 heterocycles. The summed E-state index contributed by atoms with van der Waals surface area (Å²) in [5.41, 5.74) is 0. The van der Waals surface area contributed by atoms with Crippen molar-refractivity contribution >= 4 is 23.9 Å². The Hall–Kier alpha value is -2.24. The lowest BCUT2D eigenvalue weighted by Gasteiger charge is -2.21. The first-order valence-electron chi connectivity index (χ1n) is 6.02. The van der Waals surface area contributed by atoms with Crippen molar-refractivity contribution in [1.82, 2.24) is 16.0 Å². The number of hydrogen-bond donors (Lipinski definition) is 5. The Morgan fingerprint density at radius 2 is 0.818 bits per heavy atom. The highest BCUT2D eigenvalue weighted by Gasteiger charge is 2.16. The van der Waals surface area contributed by atoms with E-state index in [0.29, 0.717) is 0 Å². The molecule has 11 heteroatoms. The lowest BCUT2D eigenvalue weighted by atomic mass is 10.3. The van der Waals surface area contributed by atoms with Crippen molar-refractivity contribution in [3.63, 3.8) is 0 Å². The molecule has 0 aromatic rings. The van der Waals surface area contributed by atoms with Gasteiger partial charge in [0.15, 0.2) is 0 Å². The predicted molar refractivity (Wildman–Crippen MR) is 73.1 cm³/mol. The molecule has 0 spiro atoms. The van der Waals surface area contributed by atoms with Gasteiger partial charge in [-0.3, -0.25) is 29.0 Å². The third kappa shape index (κ3) is 12.8. The lowest BCUT2D eigenvalue weighted by Crippen LogP contribution is -2.39. The minimum Gasteiger partial charge on any atom is -0.480 e. The van der Waals surface area contributed by atoms with E-state index in [1.165, 1.54) is 9.80 Å². The van der Waals surface area contributed by atoms with Gasteiger partial charge in [-0.15, -0.1) is 0 Å². The van der Waals surface area contributed by atoms with Gasteiger partial charge in [0, 0.05) is 13.1 Å². The fraction of sp³-hybridized carbons (Fsp3) is 0.636. The van der Waals surface area contributed by atoms with Gasteiger partial charge >= 0.3 is 23.9 Å². The van der Waals surface area contributed by atoms with Gasteiger partial charge in [-0.1, -0.05) is 0 Å². The number of nitrogens with zero attached hydrogens (tertiary/aromatic N) is 2. The Balaban J connectivity index is 0. The van der Waals surface area contributed by atoms with Gasteiger partial charge in [-0.2, -0.15) is 0 Å². The zero-order chi connectivity index (χ0) is 16.4. The first-order valence-corrected chi connectivity index (χ1v) is 6.02. The molecule has 0 radical (unpaired) electrons. The summed E-state index contributed by atoms with van der Waals surface area (Å²) < 4.78 is 0. The molecule has 0 aliphatic rings. The van der Waals surface area contributed by atoms with Crippen LogP contribution >= 0.6 is 0 Å². The molecule has 22 heavy (non-hydrogen) atoms. The molecule has 0 aliphatic carbocycles. The van der Waals surface area contributed by atoms with Crippen LogP contribution in [-0.2, 0) is 19.2 Å². The Kier molecular flexibility index (Phi) is 11.4. The summed E-state index contributed by atoms with van der Waals surface area (Å²) in [5.74, 6) is -4.71. The van der Waals surface area contributed by atoms with Crippen LogP contribution in [0.3, 0.4) is 0 Å². The molecular weight excluding hydrogens is 302 g/mol. The van der Waals surface area contributed by atoms with E-state index in [4.69, 9.17) is 20.4 Å². The van der Waals surface area contributed by atoms with Crippen molar-refractivity contribution in [3.8, 4) is 0 Å². The van der Waals surface area contributed by atoms with Gasteiger partial charge < -0.3 is 26.6 Å². The highest BCUT2D eigenvalue weighted by atomic mass is 16.4. The standard InChI is InChI=1S/C11H18N2O8.H3N/c14-8(15)4-12(5-9(16)17)2-1-3-13(6-10(18)19)7-11(20)21;/h1-7H2,(H,14,15)(H,16,17)(H,18,19)(H,20,21);1H3. The van der Waals surface area contributed by atoms with Crippen LogP contribution < -0.4 is 6.15 Å². The zero-order valence-electron chi connectivity index (χ0n) is 12.0. The second-order valence-electron chi connectivity index (χ2n) is 4.35. The Morgan fingerprint density at radius 3 is 1.00 bits per heavy atom. The molecule has 0 saturated heterocycles. The van der Waals surface area contributed by atoms with Gasteiger partial charge in [0.25, 0.3) is 0 Å². The quantitative estimate of drug-likeness (QED) is 0.280. The van der Waals surface area contributed by atoms with Crippen molar-refractivity contribution in [2.24, 2.45) is 0 Å². The third-order valence-electron chi connectivity index (χ3n) is 2.38. The largest absolute Gasteiger partial charge is 0.480 e. The maximum Gasteiger partial charge on any atom is 0.317 e. The maximum atomic E-state index is 10.6. The molecule has 0 aromatic heterocycles. The molecule has 11 nitrogen and oxygen atoms in total. The lowest BCUT2D eigenvalue weighted by molar-refractivity contribution is -0.143. The van der Waals surface area contributed by atoms with Crippen molar-refractivity contribution in [3.05, 3.63) is 0 Å². The number of hydrogen-bond acceptors (Lipinski definition) is 7. The SMILES string of the molecule is N.O=C(O)CN(CCCN(CC(=O)O)CC(=O)O)CC(=O)O. The first-order chi connectivity index (χ1) is 9.70. The number of carboxylic acid groups (broad SMARTS) is 4. The average molecular weight is 323 g/mol. The van der Waals surface area contributed by atoms with Crippen molar-refractivity contribution < 1.29 is 39.6 Å². The van der Waals surface area contributed by atoms with Crippen molar-refractivity contribution in [2.45, 2.75) is 6.42 Å². The molecule has 7 N–H and O–H groups in total. The molecule has 0 amide bonds. The van der Waals surface area contributed by atoms with Gasteiger partial charge in [0.1, 0.15) is 0 Å². The highest BCUT2D eigenvalue weighted by Crippen LogP contribution is 1.97. The number of aliphatic carboxylic acids is 4. The summed E-state index contributed by atoms with van der Waals surface area (Å²) in [6.45, 7) is -1.61. The maximum absolute atomic E-state index is 10.6. The topological polar surface area (TPSA) is 191 Å². The summed E-state index contributed by atoms with van der Waals surface area (Å²) in [6.07, 6.45) is 0.251. The van der Waals surface area contributed by atoms with Crippen LogP contribution in [0.1, 0.15) is 6.42 Å². The Labute approximate surface area is 126 Å². The van der Waals surface area contributed by atoms with Crippen LogP contribution in [-0.4, -0.2) is 93.4 Å². The van der Waals surface area contributed by atoms with Crippen molar-refractivity contribution in [2.75, 3.05) is 39.3 Å². The molecule has 0 bridgehead atoms. The molecule has 128 valence electrons. The van der Waals surface area contributed by atoms with E-state index >= 15 is 0 Å². The fourth-order valence-electron chi connectivity index (χ4n) is 1.71. The molecule has 0 atom stereocenters. The predicted octanol–water partition coefficient (Wildman–Crippen LogP) is -1.52. The Morgan fingerprint density at radius 1 is 0.591 bits per heavy atom. The molecule has 0 saturated carbocycles. The van der Waals surface area contributed by atoms with E-state index in [1.54, 1.807) is 0 Å². The van der Waals surface area contributed by atoms with Crippen LogP contribution in [0.5, 0.6) is 0 Å². The minimum absolute atomic E-state index is 0. The van der Waals surface area contributed by atoms with Gasteiger partial charge in [0.2, 0.25) is 0 Å². The Bertz CT molecular complexity index is 333. The highest BCUT2D eigenvalue weighted by molar-refractivity contribution is 5.73. The van der Waals surface area contributed by atoms with E-state index in [0.717, 1.165) is 0 Å². The summed E-state index contributed by atoms with van der Waals surface area (Å²) in [5, 5.41) is 34.6. The molecule has 0 aromatic carbocycles. The molecule has 0 unspecified atom stereocenters. The summed E-state index contributed by atoms with van der Waals surface area (Å²) in [4.78, 5) is 44.7. The van der Waals surface area contributed by atoms with Gasteiger partial charge in [-0.25, -0.2) is 0 Å².